The van der Waals surface area contributed by atoms with Crippen LogP contribution in [0, 0.1) is 0 Å². The Morgan fingerprint density at radius 1 is 1.18 bits per heavy atom. The highest BCUT2D eigenvalue weighted by Crippen LogP contribution is 2.10. The Bertz CT molecular complexity index is 556. The molecule has 1 unspecified atom stereocenters. The predicted octanol–water partition coefficient (Wildman–Crippen LogP) is 2.12. The van der Waals surface area contributed by atoms with Gasteiger partial charge in [0.1, 0.15) is 0 Å². The van der Waals surface area contributed by atoms with Gasteiger partial charge in [0, 0.05) is 37.1 Å². The molecule has 0 aliphatic heterocycles. The Labute approximate surface area is 132 Å². The lowest BCUT2D eigenvalue weighted by molar-refractivity contribution is 0.441. The van der Waals surface area contributed by atoms with Crippen LogP contribution < -0.4 is 10.6 Å². The van der Waals surface area contributed by atoms with Gasteiger partial charge in [0.2, 0.25) is 0 Å². The Kier molecular flexibility index (Phi) is 6.15. The van der Waals surface area contributed by atoms with Crippen molar-refractivity contribution in [2.24, 2.45) is 0 Å². The Hall–Kier alpha value is -1.66. The second-order valence-corrected chi connectivity index (χ2v) is 6.05. The standard InChI is InChI=1S/C16H28N6/c1-13(2)21-8-6-16(20-21)11-18-7-5-14(3)22-12-15(9-17-4)10-19-22/h6,8,10,12-14,17-18H,5,7,9,11H2,1-4H3. The predicted molar refractivity (Wildman–Crippen MR) is 88.6 cm³/mol. The fourth-order valence-corrected chi connectivity index (χ4v) is 2.33. The lowest BCUT2D eigenvalue weighted by Crippen LogP contribution is -2.19. The van der Waals surface area contributed by atoms with Gasteiger partial charge in [-0.25, -0.2) is 0 Å². The van der Waals surface area contributed by atoms with E-state index in [9.17, 15) is 0 Å². The summed E-state index contributed by atoms with van der Waals surface area (Å²) in [5.41, 5.74) is 2.32. The number of nitrogens with one attached hydrogen (secondary N) is 2. The van der Waals surface area contributed by atoms with Crippen LogP contribution in [0.2, 0.25) is 0 Å². The van der Waals surface area contributed by atoms with E-state index in [0.29, 0.717) is 12.1 Å². The third-order valence-corrected chi connectivity index (χ3v) is 3.73. The van der Waals surface area contributed by atoms with Gasteiger partial charge in [-0.2, -0.15) is 10.2 Å². The maximum Gasteiger partial charge on any atom is 0.0762 e. The van der Waals surface area contributed by atoms with E-state index in [1.165, 1.54) is 5.56 Å². The van der Waals surface area contributed by atoms with Crippen molar-refractivity contribution < 1.29 is 0 Å². The zero-order valence-corrected chi connectivity index (χ0v) is 14.1. The molecule has 2 heterocycles. The highest BCUT2D eigenvalue weighted by molar-refractivity contribution is 5.03. The minimum atomic E-state index is 0.395. The molecular weight excluding hydrogens is 276 g/mol. The van der Waals surface area contributed by atoms with E-state index in [-0.39, 0.29) is 0 Å². The summed E-state index contributed by atoms with van der Waals surface area (Å²) in [5.74, 6) is 0. The second kappa shape index (κ2) is 8.10. The van der Waals surface area contributed by atoms with Gasteiger partial charge in [-0.15, -0.1) is 0 Å². The molecule has 0 saturated heterocycles. The molecule has 0 amide bonds. The van der Waals surface area contributed by atoms with Gasteiger partial charge in [-0.1, -0.05) is 0 Å². The summed E-state index contributed by atoms with van der Waals surface area (Å²) >= 11 is 0. The molecule has 0 fully saturated rings. The van der Waals surface area contributed by atoms with Gasteiger partial charge >= 0.3 is 0 Å². The molecule has 0 radical (unpaired) electrons. The van der Waals surface area contributed by atoms with Crippen LogP contribution in [0.5, 0.6) is 0 Å². The van der Waals surface area contributed by atoms with E-state index in [2.05, 4.69) is 53.9 Å². The number of aromatic nitrogens is 4. The maximum absolute atomic E-state index is 4.54. The number of hydrogen-bond acceptors (Lipinski definition) is 4. The maximum atomic E-state index is 4.54. The smallest absolute Gasteiger partial charge is 0.0762 e. The number of rotatable bonds is 9. The molecule has 0 spiro atoms. The van der Waals surface area contributed by atoms with Gasteiger partial charge in [0.25, 0.3) is 0 Å². The van der Waals surface area contributed by atoms with Crippen molar-refractivity contribution in [2.75, 3.05) is 13.6 Å². The average molecular weight is 304 g/mol. The Morgan fingerprint density at radius 3 is 2.68 bits per heavy atom. The van der Waals surface area contributed by atoms with Crippen molar-refractivity contribution >= 4 is 0 Å². The minimum absolute atomic E-state index is 0.395. The first-order valence-electron chi connectivity index (χ1n) is 8.02. The van der Waals surface area contributed by atoms with Gasteiger partial charge in [-0.05, 0) is 46.9 Å². The van der Waals surface area contributed by atoms with Crippen molar-refractivity contribution in [1.82, 2.24) is 30.2 Å². The quantitative estimate of drug-likeness (QED) is 0.697. The molecule has 0 aliphatic carbocycles. The lowest BCUT2D eigenvalue weighted by Gasteiger charge is -2.12. The molecular formula is C16H28N6. The largest absolute Gasteiger partial charge is 0.316 e. The summed E-state index contributed by atoms with van der Waals surface area (Å²) in [6, 6.07) is 2.89. The van der Waals surface area contributed by atoms with E-state index < -0.39 is 0 Å². The number of nitrogens with zero attached hydrogens (tertiary/aromatic N) is 4. The summed E-state index contributed by atoms with van der Waals surface area (Å²) in [7, 11) is 1.95. The summed E-state index contributed by atoms with van der Waals surface area (Å²) in [4.78, 5) is 0. The highest BCUT2D eigenvalue weighted by Gasteiger charge is 2.07. The molecule has 6 heteroatoms. The Balaban J connectivity index is 1.70. The fraction of sp³-hybridized carbons (Fsp3) is 0.625. The average Bonchev–Trinajstić information content (AvgIpc) is 3.13. The first-order chi connectivity index (χ1) is 10.6. The summed E-state index contributed by atoms with van der Waals surface area (Å²) < 4.78 is 4.04. The highest BCUT2D eigenvalue weighted by atomic mass is 15.3. The van der Waals surface area contributed by atoms with Crippen LogP contribution in [0.4, 0.5) is 0 Å². The first kappa shape index (κ1) is 16.7. The van der Waals surface area contributed by atoms with Crippen molar-refractivity contribution in [3.8, 4) is 0 Å². The van der Waals surface area contributed by atoms with E-state index in [1.54, 1.807) is 0 Å². The van der Waals surface area contributed by atoms with Crippen LogP contribution in [-0.2, 0) is 13.1 Å². The summed E-state index contributed by atoms with van der Waals surface area (Å²) in [5, 5.41) is 15.6. The molecule has 0 aliphatic rings. The van der Waals surface area contributed by atoms with Crippen molar-refractivity contribution in [1.29, 1.82) is 0 Å². The normalized spacial score (nSPS) is 13.0. The van der Waals surface area contributed by atoms with Gasteiger partial charge in [-0.3, -0.25) is 9.36 Å². The topological polar surface area (TPSA) is 59.7 Å². The lowest BCUT2D eigenvalue weighted by atomic mass is 10.2. The van der Waals surface area contributed by atoms with Crippen LogP contribution in [0.3, 0.4) is 0 Å². The van der Waals surface area contributed by atoms with E-state index >= 15 is 0 Å². The molecule has 2 N–H and O–H groups in total. The molecule has 0 bridgehead atoms. The zero-order chi connectivity index (χ0) is 15.9. The van der Waals surface area contributed by atoms with Crippen LogP contribution in [0.15, 0.2) is 24.7 Å². The molecule has 2 rings (SSSR count). The van der Waals surface area contributed by atoms with E-state index in [1.807, 2.05) is 28.8 Å². The molecule has 6 nitrogen and oxygen atoms in total. The monoisotopic (exact) mass is 304 g/mol. The summed E-state index contributed by atoms with van der Waals surface area (Å²) in [6.45, 7) is 9.11. The van der Waals surface area contributed by atoms with Crippen molar-refractivity contribution in [3.05, 3.63) is 35.9 Å². The first-order valence-corrected chi connectivity index (χ1v) is 8.02. The molecule has 22 heavy (non-hydrogen) atoms. The SMILES string of the molecule is CNCc1cnn(C(C)CCNCc2ccn(C(C)C)n2)c1. The molecule has 0 saturated carbocycles. The van der Waals surface area contributed by atoms with Crippen LogP contribution in [-0.4, -0.2) is 33.2 Å². The molecule has 2 aromatic rings. The molecule has 1 atom stereocenters. The summed E-state index contributed by atoms with van der Waals surface area (Å²) in [6.07, 6.45) is 7.13. The van der Waals surface area contributed by atoms with E-state index in [0.717, 1.165) is 31.7 Å². The molecule has 122 valence electrons. The van der Waals surface area contributed by atoms with Crippen molar-refractivity contribution in [3.63, 3.8) is 0 Å². The third-order valence-electron chi connectivity index (χ3n) is 3.73. The molecule has 2 aromatic heterocycles. The minimum Gasteiger partial charge on any atom is -0.316 e. The Morgan fingerprint density at radius 2 is 2.00 bits per heavy atom. The van der Waals surface area contributed by atoms with Gasteiger partial charge in [0.05, 0.1) is 17.9 Å². The van der Waals surface area contributed by atoms with Crippen LogP contribution in [0.25, 0.3) is 0 Å². The van der Waals surface area contributed by atoms with Gasteiger partial charge < -0.3 is 10.6 Å². The zero-order valence-electron chi connectivity index (χ0n) is 14.1. The van der Waals surface area contributed by atoms with E-state index in [4.69, 9.17) is 0 Å². The fourth-order valence-electron chi connectivity index (χ4n) is 2.33. The van der Waals surface area contributed by atoms with Gasteiger partial charge in [0.15, 0.2) is 0 Å². The number of hydrogen-bond donors (Lipinski definition) is 2. The third kappa shape index (κ3) is 4.68. The van der Waals surface area contributed by atoms with Crippen molar-refractivity contribution in [2.45, 2.75) is 52.4 Å². The second-order valence-electron chi connectivity index (χ2n) is 6.05. The molecule has 0 aromatic carbocycles. The van der Waals surface area contributed by atoms with Crippen LogP contribution >= 0.6 is 0 Å². The van der Waals surface area contributed by atoms with Crippen LogP contribution in [0.1, 0.15) is 50.5 Å².